The van der Waals surface area contributed by atoms with Crippen molar-refractivity contribution in [3.63, 3.8) is 0 Å². The fourth-order valence-electron chi connectivity index (χ4n) is 7.66. The molecule has 1 unspecified atom stereocenters. The zero-order chi connectivity index (χ0) is 37.0. The maximum atomic E-state index is 14.4. The van der Waals surface area contributed by atoms with E-state index in [2.05, 4.69) is 10.6 Å². The van der Waals surface area contributed by atoms with Crippen molar-refractivity contribution in [1.82, 2.24) is 15.5 Å². The molecule has 3 N–H and O–H groups in total. The van der Waals surface area contributed by atoms with Gasteiger partial charge in [-0.15, -0.1) is 0 Å². The molecule has 0 radical (unpaired) electrons. The van der Waals surface area contributed by atoms with Crippen LogP contribution < -0.4 is 10.6 Å². The highest BCUT2D eigenvalue weighted by atomic mass is 35.5. The molecule has 0 aromatic heterocycles. The van der Waals surface area contributed by atoms with Gasteiger partial charge in [-0.25, -0.2) is 4.79 Å². The number of benzene rings is 2. The number of hydrogen-bond acceptors (Lipinski definition) is 5. The minimum absolute atomic E-state index is 0.201. The van der Waals surface area contributed by atoms with Crippen LogP contribution in [0.1, 0.15) is 111 Å². The average molecular weight is 710 g/mol. The summed E-state index contributed by atoms with van der Waals surface area (Å²) < 4.78 is 12.4. The van der Waals surface area contributed by atoms with E-state index in [-0.39, 0.29) is 31.4 Å². The van der Waals surface area contributed by atoms with Gasteiger partial charge in [-0.3, -0.25) is 14.5 Å². The van der Waals surface area contributed by atoms with Crippen molar-refractivity contribution in [2.75, 3.05) is 0 Å². The monoisotopic (exact) mass is 709 g/mol. The van der Waals surface area contributed by atoms with Crippen LogP contribution in [0.5, 0.6) is 0 Å². The molecule has 1 aliphatic heterocycles. The van der Waals surface area contributed by atoms with Gasteiger partial charge in [-0.05, 0) is 122 Å². The highest BCUT2D eigenvalue weighted by molar-refractivity contribution is 6.45. The van der Waals surface area contributed by atoms with Gasteiger partial charge in [0, 0.05) is 24.0 Å². The van der Waals surface area contributed by atoms with Crippen LogP contribution in [0.15, 0.2) is 54.6 Å². The van der Waals surface area contributed by atoms with Crippen LogP contribution >= 0.6 is 11.6 Å². The van der Waals surface area contributed by atoms with Crippen molar-refractivity contribution in [3.8, 4) is 0 Å². The average Bonchev–Trinajstić information content (AvgIpc) is 3.23. The summed E-state index contributed by atoms with van der Waals surface area (Å²) in [6.45, 7) is 15.6. The molecule has 0 spiro atoms. The lowest BCUT2D eigenvalue weighted by Crippen LogP contribution is -2.66. The lowest BCUT2D eigenvalue weighted by molar-refractivity contribution is -0.138. The minimum Gasteiger partial charge on any atom is -0.465 e. The Hall–Kier alpha value is -3.08. The maximum absolute atomic E-state index is 14.4. The van der Waals surface area contributed by atoms with E-state index in [1.807, 2.05) is 90.9 Å². The second kappa shape index (κ2) is 15.7. The molecular formula is C39H57BClN3O6. The van der Waals surface area contributed by atoms with Gasteiger partial charge in [0.15, 0.2) is 0 Å². The fraction of sp³-hybridized carbons (Fsp3) is 0.615. The van der Waals surface area contributed by atoms with Crippen LogP contribution in [-0.4, -0.2) is 62.9 Å². The summed E-state index contributed by atoms with van der Waals surface area (Å²) in [6.07, 6.45) is 4.27. The molecular weight excluding hydrogens is 653 g/mol. The van der Waals surface area contributed by atoms with Crippen molar-refractivity contribution in [1.29, 1.82) is 0 Å². The molecule has 4 rings (SSSR count). The van der Waals surface area contributed by atoms with Gasteiger partial charge < -0.3 is 25.0 Å². The quantitative estimate of drug-likeness (QED) is 0.143. The molecule has 1 saturated carbocycles. The van der Waals surface area contributed by atoms with Crippen molar-refractivity contribution in [2.45, 2.75) is 147 Å². The summed E-state index contributed by atoms with van der Waals surface area (Å²) in [6, 6.07) is 17.3. The largest absolute Gasteiger partial charge is 0.465 e. The molecule has 3 amide bonds. The van der Waals surface area contributed by atoms with E-state index in [4.69, 9.17) is 20.9 Å². The van der Waals surface area contributed by atoms with Crippen molar-refractivity contribution in [3.05, 3.63) is 70.7 Å². The zero-order valence-corrected chi connectivity index (χ0v) is 32.0. The molecule has 1 atom stereocenters. The number of nitrogens with one attached hydrogen (secondary N) is 2. The minimum atomic E-state index is -1.17. The number of carbonyl (C=O) groups is 3. The lowest BCUT2D eigenvalue weighted by atomic mass is 9.64. The first-order valence-corrected chi connectivity index (χ1v) is 18.4. The lowest BCUT2D eigenvalue weighted by Gasteiger charge is -2.51. The van der Waals surface area contributed by atoms with Crippen molar-refractivity contribution < 1.29 is 28.8 Å². The normalized spacial score (nSPS) is 22.7. The molecule has 50 heavy (non-hydrogen) atoms. The van der Waals surface area contributed by atoms with Gasteiger partial charge in [0.05, 0.1) is 16.7 Å². The highest BCUT2D eigenvalue weighted by Gasteiger charge is 2.53. The summed E-state index contributed by atoms with van der Waals surface area (Å²) in [5.74, 6) is -0.677. The first-order valence-electron chi connectivity index (χ1n) is 18.0. The molecule has 2 aliphatic rings. The highest BCUT2D eigenvalue weighted by Crippen LogP contribution is 2.45. The van der Waals surface area contributed by atoms with E-state index in [1.54, 1.807) is 17.0 Å². The summed E-state index contributed by atoms with van der Waals surface area (Å²) >= 11 is 6.15. The smallest absolute Gasteiger partial charge is 0.457 e. The predicted octanol–water partition coefficient (Wildman–Crippen LogP) is 8.04. The number of hydrogen-bond donors (Lipinski definition) is 3. The number of amides is 3. The zero-order valence-electron chi connectivity index (χ0n) is 31.2. The Morgan fingerprint density at radius 2 is 1.48 bits per heavy atom. The van der Waals surface area contributed by atoms with Crippen LogP contribution in [0.4, 0.5) is 4.79 Å². The molecule has 0 bridgehead atoms. The van der Waals surface area contributed by atoms with Crippen LogP contribution in [0.2, 0.25) is 11.3 Å². The number of carbonyl (C=O) groups excluding carboxylic acids is 2. The second-order valence-corrected chi connectivity index (χ2v) is 16.9. The van der Waals surface area contributed by atoms with E-state index >= 15 is 0 Å². The number of halogens is 1. The Kier molecular flexibility index (Phi) is 12.4. The first-order chi connectivity index (χ1) is 23.3. The number of nitrogens with zero attached hydrogens (tertiary/aromatic N) is 1. The molecule has 274 valence electrons. The number of rotatable bonds is 13. The summed E-state index contributed by atoms with van der Waals surface area (Å²) in [5, 5.41) is 17.6. The summed E-state index contributed by atoms with van der Waals surface area (Å²) in [7, 11) is -0.338. The standard InChI is InChI=1S/C39H57BClN3O6/c1-28(45)42-39(33(46)43-35(2,3)4,22-12-13-25-40-49-36(5,6)37(7,8)50-40)31-20-23-38(24-21-31,26-29-14-10-9-11-15-29)44(34(47)48)27-30-16-18-32(41)19-17-30/h9-11,14-19,31H,12-13,20-27H2,1-8H3,(H,42,45)(H,43,46)(H,47,48). The van der Waals surface area contributed by atoms with E-state index in [1.165, 1.54) is 6.92 Å². The Bertz CT molecular complexity index is 1450. The Morgan fingerprint density at radius 3 is 2.00 bits per heavy atom. The van der Waals surface area contributed by atoms with E-state index < -0.39 is 33.9 Å². The van der Waals surface area contributed by atoms with Crippen LogP contribution in [0.25, 0.3) is 0 Å². The van der Waals surface area contributed by atoms with Gasteiger partial charge in [0.1, 0.15) is 5.54 Å². The maximum Gasteiger partial charge on any atom is 0.457 e. The molecule has 11 heteroatoms. The third-order valence-corrected chi connectivity index (χ3v) is 11.2. The van der Waals surface area contributed by atoms with Gasteiger partial charge in [0.2, 0.25) is 11.8 Å². The van der Waals surface area contributed by atoms with Crippen LogP contribution in [0, 0.1) is 5.92 Å². The Morgan fingerprint density at radius 1 is 0.900 bits per heavy atom. The fourth-order valence-corrected chi connectivity index (χ4v) is 7.79. The first kappa shape index (κ1) is 39.7. The van der Waals surface area contributed by atoms with E-state index in [0.717, 1.165) is 17.5 Å². The Balaban J connectivity index is 1.63. The topological polar surface area (TPSA) is 117 Å². The molecule has 1 heterocycles. The molecule has 2 aromatic rings. The molecule has 1 aliphatic carbocycles. The van der Waals surface area contributed by atoms with Crippen molar-refractivity contribution >= 4 is 36.6 Å². The van der Waals surface area contributed by atoms with Crippen molar-refractivity contribution in [2.24, 2.45) is 5.92 Å². The predicted molar refractivity (Wildman–Crippen MR) is 199 cm³/mol. The van der Waals surface area contributed by atoms with E-state index in [0.29, 0.717) is 56.3 Å². The van der Waals surface area contributed by atoms with E-state index in [9.17, 15) is 19.5 Å². The molecule has 2 fully saturated rings. The number of carboxylic acid groups (broad SMARTS) is 1. The van der Waals surface area contributed by atoms with Gasteiger partial charge in [0.25, 0.3) is 0 Å². The molecule has 9 nitrogen and oxygen atoms in total. The van der Waals surface area contributed by atoms with Gasteiger partial charge >= 0.3 is 13.2 Å². The third kappa shape index (κ3) is 9.62. The summed E-state index contributed by atoms with van der Waals surface area (Å²) in [5.41, 5.74) is -1.35. The van der Waals surface area contributed by atoms with Crippen LogP contribution in [0.3, 0.4) is 0 Å². The van der Waals surface area contributed by atoms with Crippen LogP contribution in [-0.2, 0) is 31.9 Å². The summed E-state index contributed by atoms with van der Waals surface area (Å²) in [4.78, 5) is 42.0. The second-order valence-electron chi connectivity index (χ2n) is 16.4. The third-order valence-electron chi connectivity index (χ3n) is 10.9. The molecule has 2 aromatic carbocycles. The van der Waals surface area contributed by atoms with Gasteiger partial charge in [-0.1, -0.05) is 66.9 Å². The molecule has 1 saturated heterocycles. The number of unbranched alkanes of at least 4 members (excludes halogenated alkanes) is 1. The Labute approximate surface area is 304 Å². The van der Waals surface area contributed by atoms with Gasteiger partial charge in [-0.2, -0.15) is 0 Å². The SMILES string of the molecule is CC(=O)NC(CCCCB1OC(C)(C)C(C)(C)O1)(C(=O)NC(C)(C)C)C1CCC(Cc2ccccc2)(N(Cc2ccc(Cl)cc2)C(=O)O)CC1.